The van der Waals surface area contributed by atoms with E-state index in [9.17, 15) is 21.6 Å². The molecule has 0 atom stereocenters. The lowest BCUT2D eigenvalue weighted by Gasteiger charge is -2.12. The second kappa shape index (κ2) is 6.86. The van der Waals surface area contributed by atoms with Gasteiger partial charge in [0.2, 0.25) is 10.0 Å². The molecule has 4 nitrogen and oxygen atoms in total. The molecule has 0 fully saturated rings. The van der Waals surface area contributed by atoms with E-state index in [0.717, 1.165) is 12.1 Å². The highest BCUT2D eigenvalue weighted by atomic mass is 35.5. The third-order valence-electron chi connectivity index (χ3n) is 3.69. The number of hydrogen-bond donors (Lipinski definition) is 1. The largest absolute Gasteiger partial charge is 0.417 e. The number of rotatable bonds is 4. The van der Waals surface area contributed by atoms with Gasteiger partial charge in [0.1, 0.15) is 4.90 Å². The van der Waals surface area contributed by atoms with Crippen LogP contribution in [-0.2, 0) is 22.7 Å². The predicted octanol–water partition coefficient (Wildman–Crippen LogP) is 4.39. The van der Waals surface area contributed by atoms with Gasteiger partial charge in [-0.05, 0) is 29.8 Å². The molecule has 136 valence electrons. The van der Waals surface area contributed by atoms with Crippen molar-refractivity contribution in [2.75, 3.05) is 0 Å². The van der Waals surface area contributed by atoms with Gasteiger partial charge in [0.25, 0.3) is 0 Å². The molecule has 26 heavy (non-hydrogen) atoms. The first-order chi connectivity index (χ1) is 12.2. The van der Waals surface area contributed by atoms with Gasteiger partial charge in [-0.1, -0.05) is 35.9 Å². The molecular weight excluding hydrogens is 389 g/mol. The molecule has 0 amide bonds. The summed E-state index contributed by atoms with van der Waals surface area (Å²) in [5.41, 5.74) is -0.587. The van der Waals surface area contributed by atoms with E-state index < -0.39 is 26.8 Å². The zero-order valence-corrected chi connectivity index (χ0v) is 14.7. The number of sulfonamides is 1. The number of para-hydroxylation sites is 1. The molecule has 0 saturated heterocycles. The summed E-state index contributed by atoms with van der Waals surface area (Å²) >= 11 is 5.57. The maximum Gasteiger partial charge on any atom is 0.417 e. The molecule has 1 aromatic heterocycles. The minimum absolute atomic E-state index is 0.0411. The van der Waals surface area contributed by atoms with Gasteiger partial charge in [0.15, 0.2) is 0 Å². The van der Waals surface area contributed by atoms with Gasteiger partial charge in [-0.25, -0.2) is 13.1 Å². The van der Waals surface area contributed by atoms with E-state index in [0.29, 0.717) is 5.39 Å². The number of halogens is 4. The van der Waals surface area contributed by atoms with Crippen LogP contribution in [0.4, 0.5) is 13.2 Å². The normalized spacial score (nSPS) is 12.5. The molecule has 0 saturated carbocycles. The van der Waals surface area contributed by atoms with Gasteiger partial charge in [-0.3, -0.25) is 4.98 Å². The molecule has 3 rings (SSSR count). The molecule has 9 heteroatoms. The number of benzene rings is 2. The Morgan fingerprint density at radius 3 is 2.54 bits per heavy atom. The first kappa shape index (κ1) is 18.6. The fraction of sp³-hybridized carbons (Fsp3) is 0.118. The maximum atomic E-state index is 12.9. The van der Waals surface area contributed by atoms with Crippen molar-refractivity contribution in [3.8, 4) is 0 Å². The second-order valence-electron chi connectivity index (χ2n) is 5.47. The molecule has 2 aromatic carbocycles. The van der Waals surface area contributed by atoms with E-state index >= 15 is 0 Å². The molecule has 0 unspecified atom stereocenters. The summed E-state index contributed by atoms with van der Waals surface area (Å²) in [5, 5.41) is 0.198. The Hall–Kier alpha value is -2.16. The van der Waals surface area contributed by atoms with Crippen LogP contribution in [0.2, 0.25) is 5.02 Å². The van der Waals surface area contributed by atoms with Crippen molar-refractivity contribution in [1.29, 1.82) is 0 Å². The molecule has 1 heterocycles. The maximum absolute atomic E-state index is 12.9. The summed E-state index contributed by atoms with van der Waals surface area (Å²) < 4.78 is 66.2. The Bertz CT molecular complexity index is 1060. The molecule has 0 aliphatic heterocycles. The highest BCUT2D eigenvalue weighted by Crippen LogP contribution is 2.35. The molecule has 0 radical (unpaired) electrons. The lowest BCUT2D eigenvalue weighted by molar-refractivity contribution is -0.137. The Balaban J connectivity index is 1.89. The van der Waals surface area contributed by atoms with Crippen molar-refractivity contribution >= 4 is 32.5 Å². The first-order valence-electron chi connectivity index (χ1n) is 7.37. The molecule has 0 bridgehead atoms. The summed E-state index contributed by atoms with van der Waals surface area (Å²) in [6.45, 7) is -0.314. The van der Waals surface area contributed by atoms with E-state index in [2.05, 4.69) is 9.71 Å². The third kappa shape index (κ3) is 3.82. The summed E-state index contributed by atoms with van der Waals surface area (Å²) in [5.74, 6) is 0. The van der Waals surface area contributed by atoms with Gasteiger partial charge in [-0.2, -0.15) is 13.2 Å². The zero-order valence-electron chi connectivity index (χ0n) is 13.1. The number of aromatic nitrogens is 1. The van der Waals surface area contributed by atoms with Crippen molar-refractivity contribution in [3.05, 3.63) is 70.9 Å². The standard InChI is InChI=1S/C17H12ClF3N2O2S/c18-14-7-6-11(9-13(14)17(19,20)21)10-23-26(24,25)15-5-1-3-12-4-2-8-22-16(12)15/h1-9,23H,10H2. The van der Waals surface area contributed by atoms with Crippen molar-refractivity contribution in [2.24, 2.45) is 0 Å². The predicted molar refractivity (Wildman–Crippen MR) is 92.2 cm³/mol. The van der Waals surface area contributed by atoms with Gasteiger partial charge < -0.3 is 0 Å². The Morgan fingerprint density at radius 2 is 1.81 bits per heavy atom. The molecular formula is C17H12ClF3N2O2S. The van der Waals surface area contributed by atoms with Gasteiger partial charge >= 0.3 is 6.18 Å². The van der Waals surface area contributed by atoms with Crippen molar-refractivity contribution < 1.29 is 21.6 Å². The highest BCUT2D eigenvalue weighted by molar-refractivity contribution is 7.89. The van der Waals surface area contributed by atoms with Crippen LogP contribution in [0.25, 0.3) is 10.9 Å². The van der Waals surface area contributed by atoms with Crippen LogP contribution in [0.5, 0.6) is 0 Å². The van der Waals surface area contributed by atoms with Crippen molar-refractivity contribution in [3.63, 3.8) is 0 Å². The van der Waals surface area contributed by atoms with Crippen LogP contribution in [0.3, 0.4) is 0 Å². The van der Waals surface area contributed by atoms with Crippen LogP contribution in [0.1, 0.15) is 11.1 Å². The fourth-order valence-corrected chi connectivity index (χ4v) is 3.87. The SMILES string of the molecule is O=S(=O)(NCc1ccc(Cl)c(C(F)(F)F)c1)c1cccc2cccnc12. The Morgan fingerprint density at radius 1 is 1.08 bits per heavy atom. The van der Waals surface area contributed by atoms with Crippen LogP contribution in [-0.4, -0.2) is 13.4 Å². The first-order valence-corrected chi connectivity index (χ1v) is 9.23. The monoisotopic (exact) mass is 400 g/mol. The molecule has 1 N–H and O–H groups in total. The third-order valence-corrected chi connectivity index (χ3v) is 5.45. The van der Waals surface area contributed by atoms with Gasteiger partial charge in [-0.15, -0.1) is 0 Å². The van der Waals surface area contributed by atoms with Crippen LogP contribution in [0.15, 0.2) is 59.6 Å². The average Bonchev–Trinajstić information content (AvgIpc) is 2.59. The van der Waals surface area contributed by atoms with E-state index in [4.69, 9.17) is 11.6 Å². The number of pyridine rings is 1. The van der Waals surface area contributed by atoms with Crippen LogP contribution in [0, 0.1) is 0 Å². The summed E-state index contributed by atoms with van der Waals surface area (Å²) in [4.78, 5) is 4.03. The summed E-state index contributed by atoms with van der Waals surface area (Å²) in [6.07, 6.45) is -3.15. The molecule has 3 aromatic rings. The Labute approximate surface area is 152 Å². The van der Waals surface area contributed by atoms with Crippen LogP contribution < -0.4 is 4.72 Å². The molecule has 0 aliphatic rings. The zero-order chi connectivity index (χ0) is 18.9. The minimum Gasteiger partial charge on any atom is -0.255 e. The molecule has 0 aliphatic carbocycles. The lowest BCUT2D eigenvalue weighted by atomic mass is 10.1. The Kier molecular flexibility index (Phi) is 4.92. The van der Waals surface area contributed by atoms with E-state index in [1.165, 1.54) is 18.3 Å². The minimum atomic E-state index is -4.62. The number of nitrogens with zero attached hydrogens (tertiary/aromatic N) is 1. The topological polar surface area (TPSA) is 59.1 Å². The number of alkyl halides is 3. The van der Waals surface area contributed by atoms with E-state index in [1.54, 1.807) is 24.3 Å². The number of hydrogen-bond acceptors (Lipinski definition) is 3. The van der Waals surface area contributed by atoms with Gasteiger partial charge in [0.05, 0.1) is 16.1 Å². The average molecular weight is 401 g/mol. The highest BCUT2D eigenvalue weighted by Gasteiger charge is 2.33. The fourth-order valence-electron chi connectivity index (χ4n) is 2.45. The summed E-state index contributed by atoms with van der Waals surface area (Å²) in [6, 6.07) is 11.3. The quantitative estimate of drug-likeness (QED) is 0.706. The van der Waals surface area contributed by atoms with Gasteiger partial charge in [0, 0.05) is 18.1 Å². The lowest BCUT2D eigenvalue weighted by Crippen LogP contribution is -2.24. The van der Waals surface area contributed by atoms with E-state index in [1.807, 2.05) is 0 Å². The number of nitrogens with one attached hydrogen (secondary N) is 1. The smallest absolute Gasteiger partial charge is 0.255 e. The van der Waals surface area contributed by atoms with E-state index in [-0.39, 0.29) is 22.5 Å². The van der Waals surface area contributed by atoms with Crippen LogP contribution >= 0.6 is 11.6 Å². The van der Waals surface area contributed by atoms with Crippen molar-refractivity contribution in [1.82, 2.24) is 9.71 Å². The second-order valence-corrected chi connectivity index (χ2v) is 7.61. The molecule has 0 spiro atoms. The number of fused-ring (bicyclic) bond motifs is 1. The van der Waals surface area contributed by atoms with Crippen molar-refractivity contribution in [2.45, 2.75) is 17.6 Å². The summed E-state index contributed by atoms with van der Waals surface area (Å²) in [7, 11) is -3.97.